The van der Waals surface area contributed by atoms with Crippen LogP contribution in [0.5, 0.6) is 0 Å². The standard InChI is InChI=1S/C2H3N3S/c3-2-1-4-5-6-2/h1H,3H2/p+1. The van der Waals surface area contributed by atoms with Crippen LogP contribution >= 0.6 is 11.5 Å². The maximum atomic E-state index is 5.20. The first-order valence-electron chi connectivity index (χ1n) is 1.48. The number of nitrogens with two attached hydrogens (primary N) is 1. The van der Waals surface area contributed by atoms with Crippen LogP contribution < -0.4 is 10.8 Å². The minimum atomic E-state index is 0.718. The highest BCUT2D eigenvalue weighted by Gasteiger charge is 1.86. The van der Waals surface area contributed by atoms with Gasteiger partial charge in [0.25, 0.3) is 0 Å². The van der Waals surface area contributed by atoms with Gasteiger partial charge in [-0.25, -0.2) is 0 Å². The van der Waals surface area contributed by atoms with E-state index < -0.39 is 0 Å². The molecule has 3 nitrogen and oxygen atoms in total. The predicted octanol–water partition coefficient (Wildman–Crippen LogP) is -0.461. The molecule has 0 atom stereocenters. The Hall–Kier alpha value is -0.640. The first-order valence-corrected chi connectivity index (χ1v) is 2.25. The van der Waals surface area contributed by atoms with Crippen molar-refractivity contribution in [2.45, 2.75) is 0 Å². The fourth-order valence-electron chi connectivity index (χ4n) is 0.195. The molecule has 6 heavy (non-hydrogen) atoms. The third-order valence-electron chi connectivity index (χ3n) is 0.411. The zero-order valence-electron chi connectivity index (χ0n) is 3.01. The summed E-state index contributed by atoms with van der Waals surface area (Å²) in [5.74, 6) is 0. The molecular formula is C2H4N3S+. The molecule has 0 fully saturated rings. The van der Waals surface area contributed by atoms with Gasteiger partial charge in [-0.2, -0.15) is 0 Å². The van der Waals surface area contributed by atoms with Crippen LogP contribution in [0.25, 0.3) is 0 Å². The summed E-state index contributed by atoms with van der Waals surface area (Å²) >= 11 is 1.25. The Balaban J connectivity index is 3.05. The van der Waals surface area contributed by atoms with Crippen LogP contribution in [0.2, 0.25) is 0 Å². The van der Waals surface area contributed by atoms with Crippen molar-refractivity contribution >= 4 is 16.5 Å². The van der Waals surface area contributed by atoms with E-state index in [1.807, 2.05) is 0 Å². The summed E-state index contributed by atoms with van der Waals surface area (Å²) in [5.41, 5.74) is 5.20. The topological polar surface area (TPSA) is 53.0 Å². The molecule has 0 spiro atoms. The lowest BCUT2D eigenvalue weighted by molar-refractivity contribution is -0.442. The Bertz CT molecular complexity index is 112. The molecular weight excluding hydrogens is 98.1 g/mol. The van der Waals surface area contributed by atoms with Gasteiger partial charge in [-0.3, -0.25) is 0 Å². The molecule has 1 heterocycles. The van der Waals surface area contributed by atoms with Crippen molar-refractivity contribution in [2.24, 2.45) is 0 Å². The SMILES string of the molecule is Nc1c[nH+]ns1. The maximum absolute atomic E-state index is 5.20. The summed E-state index contributed by atoms with van der Waals surface area (Å²) in [6, 6.07) is 0. The molecule has 0 bridgehead atoms. The zero-order chi connectivity index (χ0) is 4.41. The van der Waals surface area contributed by atoms with E-state index in [-0.39, 0.29) is 0 Å². The van der Waals surface area contributed by atoms with E-state index in [0.29, 0.717) is 0 Å². The van der Waals surface area contributed by atoms with Crippen LogP contribution in [0.3, 0.4) is 0 Å². The van der Waals surface area contributed by atoms with E-state index in [0.717, 1.165) is 5.00 Å². The van der Waals surface area contributed by atoms with Crippen molar-refractivity contribution in [1.82, 2.24) is 4.49 Å². The normalized spacial score (nSPS) is 8.67. The molecule has 1 rings (SSSR count). The zero-order valence-corrected chi connectivity index (χ0v) is 3.83. The summed E-state index contributed by atoms with van der Waals surface area (Å²) < 4.78 is 3.61. The van der Waals surface area contributed by atoms with E-state index in [2.05, 4.69) is 9.59 Å². The smallest absolute Gasteiger partial charge is 0.229 e. The van der Waals surface area contributed by atoms with Gasteiger partial charge < -0.3 is 5.73 Å². The Morgan fingerprint density at radius 1 is 2.00 bits per heavy atom. The van der Waals surface area contributed by atoms with Crippen molar-refractivity contribution < 1.29 is 5.10 Å². The fraction of sp³-hybridized carbons (Fsp3) is 0. The first kappa shape index (κ1) is 3.55. The number of hydrogen-bond acceptors (Lipinski definition) is 3. The number of nitrogen functional groups attached to an aromatic ring is 1. The molecule has 0 aromatic carbocycles. The summed E-state index contributed by atoms with van der Waals surface area (Å²) in [6.45, 7) is 0. The maximum Gasteiger partial charge on any atom is 0.229 e. The average Bonchev–Trinajstić information content (AvgIpc) is 1.86. The second kappa shape index (κ2) is 1.22. The van der Waals surface area contributed by atoms with Gasteiger partial charge in [-0.05, 0) is 0 Å². The van der Waals surface area contributed by atoms with E-state index in [9.17, 15) is 0 Å². The highest BCUT2D eigenvalue weighted by atomic mass is 32.1. The second-order valence-corrected chi connectivity index (χ2v) is 1.69. The second-order valence-electron chi connectivity index (χ2n) is 0.858. The molecule has 32 valence electrons. The minimum Gasteiger partial charge on any atom is -0.384 e. The fourth-order valence-corrected chi connectivity index (χ4v) is 0.512. The largest absolute Gasteiger partial charge is 0.384 e. The van der Waals surface area contributed by atoms with Crippen molar-refractivity contribution in [3.8, 4) is 0 Å². The molecule has 0 aliphatic carbocycles. The van der Waals surface area contributed by atoms with E-state index in [1.54, 1.807) is 6.20 Å². The van der Waals surface area contributed by atoms with Gasteiger partial charge in [0.2, 0.25) is 6.20 Å². The molecule has 1 aromatic heterocycles. The van der Waals surface area contributed by atoms with Gasteiger partial charge in [0.05, 0.1) is 16.0 Å². The Morgan fingerprint density at radius 3 is 3.00 bits per heavy atom. The molecule has 0 saturated heterocycles. The van der Waals surface area contributed by atoms with Gasteiger partial charge in [-0.15, -0.1) is 0 Å². The Kier molecular flexibility index (Phi) is 0.719. The quantitative estimate of drug-likeness (QED) is 0.482. The van der Waals surface area contributed by atoms with Crippen LogP contribution in [0.15, 0.2) is 6.20 Å². The van der Waals surface area contributed by atoms with E-state index >= 15 is 0 Å². The van der Waals surface area contributed by atoms with E-state index in [4.69, 9.17) is 5.73 Å². The van der Waals surface area contributed by atoms with Gasteiger partial charge in [0.1, 0.15) is 0 Å². The lowest BCUT2D eigenvalue weighted by atomic mass is 10.9. The summed E-state index contributed by atoms with van der Waals surface area (Å²) in [7, 11) is 0. The average molecular weight is 102 g/mol. The number of anilines is 1. The number of aromatic amines is 1. The monoisotopic (exact) mass is 102 g/mol. The number of nitrogens with one attached hydrogen (secondary N) is 1. The molecule has 0 aliphatic heterocycles. The predicted molar refractivity (Wildman–Crippen MR) is 23.1 cm³/mol. The first-order chi connectivity index (χ1) is 2.89. The molecule has 0 aliphatic rings. The number of aromatic nitrogens is 2. The summed E-state index contributed by atoms with van der Waals surface area (Å²) in [4.78, 5) is 0. The Morgan fingerprint density at radius 2 is 2.83 bits per heavy atom. The summed E-state index contributed by atoms with van der Waals surface area (Å²) in [5, 5.41) is 3.29. The number of hydrogen-bond donors (Lipinski definition) is 1. The van der Waals surface area contributed by atoms with Crippen molar-refractivity contribution in [3.05, 3.63) is 6.20 Å². The lowest BCUT2D eigenvalue weighted by Gasteiger charge is -1.58. The lowest BCUT2D eigenvalue weighted by Crippen LogP contribution is -1.96. The van der Waals surface area contributed by atoms with Crippen LogP contribution in [0, 0.1) is 0 Å². The highest BCUT2D eigenvalue weighted by molar-refractivity contribution is 7.09. The van der Waals surface area contributed by atoms with Gasteiger partial charge in [0.15, 0.2) is 5.00 Å². The van der Waals surface area contributed by atoms with Crippen molar-refractivity contribution in [1.29, 1.82) is 0 Å². The molecule has 1 aromatic rings. The molecule has 3 N–H and O–H groups in total. The molecule has 0 saturated carbocycles. The van der Waals surface area contributed by atoms with Gasteiger partial charge >= 0.3 is 0 Å². The van der Waals surface area contributed by atoms with Crippen LogP contribution in [0.1, 0.15) is 0 Å². The van der Waals surface area contributed by atoms with Gasteiger partial charge in [-0.1, -0.05) is 5.10 Å². The third kappa shape index (κ3) is 0.463. The van der Waals surface area contributed by atoms with Crippen molar-refractivity contribution in [3.63, 3.8) is 0 Å². The molecule has 0 radical (unpaired) electrons. The van der Waals surface area contributed by atoms with Gasteiger partial charge in [0, 0.05) is 0 Å². The number of rotatable bonds is 0. The molecule has 4 heteroatoms. The van der Waals surface area contributed by atoms with Crippen molar-refractivity contribution in [2.75, 3.05) is 5.73 Å². The van der Waals surface area contributed by atoms with E-state index in [1.165, 1.54) is 11.5 Å². The van der Waals surface area contributed by atoms with Crippen LogP contribution in [-0.2, 0) is 0 Å². The molecule has 0 unspecified atom stereocenters. The van der Waals surface area contributed by atoms with Crippen LogP contribution in [-0.4, -0.2) is 4.49 Å². The highest BCUT2D eigenvalue weighted by Crippen LogP contribution is 1.96. The Labute approximate surface area is 39.0 Å². The van der Waals surface area contributed by atoms with Crippen LogP contribution in [0.4, 0.5) is 5.00 Å². The molecule has 0 amide bonds. The minimum absolute atomic E-state index is 0.718. The number of H-pyrrole nitrogens is 1. The summed E-state index contributed by atoms with van der Waals surface area (Å²) in [6.07, 6.45) is 1.64. The number of nitrogens with zero attached hydrogens (tertiary/aromatic N) is 1. The third-order valence-corrected chi connectivity index (χ3v) is 0.936.